The van der Waals surface area contributed by atoms with Crippen molar-refractivity contribution in [1.82, 2.24) is 5.32 Å². The molecule has 2 aliphatic heterocycles. The zero-order chi connectivity index (χ0) is 15.3. The molecule has 0 aliphatic carbocycles. The third kappa shape index (κ3) is 2.04. The van der Waals surface area contributed by atoms with Crippen molar-refractivity contribution in [2.45, 2.75) is 45.1 Å². The van der Waals surface area contributed by atoms with Crippen molar-refractivity contribution in [3.05, 3.63) is 29.8 Å². The van der Waals surface area contributed by atoms with Crippen LogP contribution in [-0.4, -0.2) is 30.3 Å². The van der Waals surface area contributed by atoms with E-state index in [-0.39, 0.29) is 16.9 Å². The summed E-state index contributed by atoms with van der Waals surface area (Å²) in [6.07, 6.45) is 1.16. The highest BCUT2D eigenvalue weighted by molar-refractivity contribution is 5.91. The molecule has 1 atom stereocenters. The molecule has 114 valence electrons. The summed E-state index contributed by atoms with van der Waals surface area (Å²) in [4.78, 5) is 13.6. The minimum atomic E-state index is -0.835. The molecule has 3 rings (SSSR count). The number of amides is 1. The number of nitrogens with zero attached hydrogens (tertiary/aromatic N) is 1. The molecule has 1 fully saturated rings. The van der Waals surface area contributed by atoms with E-state index in [0.717, 1.165) is 31.6 Å². The van der Waals surface area contributed by atoms with Crippen LogP contribution in [0.3, 0.4) is 0 Å². The maximum Gasteiger partial charge on any atom is 0.412 e. The van der Waals surface area contributed by atoms with Gasteiger partial charge in [-0.1, -0.05) is 39.0 Å². The number of anilines is 1. The third-order valence-electron chi connectivity index (χ3n) is 5.00. The quantitative estimate of drug-likeness (QED) is 0.770. The lowest BCUT2D eigenvalue weighted by Crippen LogP contribution is -2.57. The Morgan fingerprint density at radius 1 is 1.29 bits per heavy atom. The van der Waals surface area contributed by atoms with E-state index >= 15 is 0 Å². The molecule has 4 nitrogen and oxygen atoms in total. The number of piperidine rings is 1. The number of hydrogen-bond donors (Lipinski definition) is 2. The molecule has 0 saturated carbocycles. The topological polar surface area (TPSA) is 52.6 Å². The van der Waals surface area contributed by atoms with Crippen molar-refractivity contribution in [1.29, 1.82) is 0 Å². The lowest BCUT2D eigenvalue weighted by Gasteiger charge is -2.47. The van der Waals surface area contributed by atoms with E-state index in [0.29, 0.717) is 0 Å². The normalized spacial score (nSPS) is 24.1. The molecular formula is C17H24N2O2. The van der Waals surface area contributed by atoms with Gasteiger partial charge in [0.2, 0.25) is 0 Å². The number of hydrogen-bond acceptors (Lipinski definition) is 2. The fourth-order valence-corrected chi connectivity index (χ4v) is 4.48. The molecule has 21 heavy (non-hydrogen) atoms. The Kier molecular flexibility index (Phi) is 3.24. The van der Waals surface area contributed by atoms with Crippen LogP contribution < -0.4 is 10.2 Å². The lowest BCUT2D eigenvalue weighted by atomic mass is 9.63. The molecule has 1 aromatic rings. The number of carboxylic acid groups (broad SMARTS) is 1. The number of rotatable bonds is 0. The average Bonchev–Trinajstić information content (AvgIpc) is 2.71. The van der Waals surface area contributed by atoms with Gasteiger partial charge in [0, 0.05) is 5.41 Å². The lowest BCUT2D eigenvalue weighted by molar-refractivity contribution is 0.149. The van der Waals surface area contributed by atoms with Crippen molar-refractivity contribution < 1.29 is 9.90 Å². The molecule has 1 aromatic carbocycles. The van der Waals surface area contributed by atoms with Gasteiger partial charge >= 0.3 is 6.09 Å². The predicted octanol–water partition coefficient (Wildman–Crippen LogP) is 3.22. The van der Waals surface area contributed by atoms with Crippen LogP contribution in [-0.2, 0) is 5.41 Å². The van der Waals surface area contributed by atoms with Crippen LogP contribution in [0, 0.1) is 5.41 Å². The number of para-hydroxylation sites is 1. The summed E-state index contributed by atoms with van der Waals surface area (Å²) in [7, 11) is 0. The first-order valence-electron chi connectivity index (χ1n) is 7.70. The first-order valence-corrected chi connectivity index (χ1v) is 7.70. The summed E-state index contributed by atoms with van der Waals surface area (Å²) in [6.45, 7) is 8.37. The van der Waals surface area contributed by atoms with Crippen LogP contribution in [0.1, 0.15) is 39.2 Å². The van der Waals surface area contributed by atoms with Crippen molar-refractivity contribution in [2.75, 3.05) is 18.0 Å². The van der Waals surface area contributed by atoms with Crippen molar-refractivity contribution in [3.63, 3.8) is 0 Å². The van der Waals surface area contributed by atoms with Gasteiger partial charge in [0.15, 0.2) is 0 Å². The molecule has 1 saturated heterocycles. The van der Waals surface area contributed by atoms with Crippen molar-refractivity contribution in [2.24, 2.45) is 5.41 Å². The van der Waals surface area contributed by atoms with Gasteiger partial charge in [-0.15, -0.1) is 0 Å². The summed E-state index contributed by atoms with van der Waals surface area (Å²) in [5.74, 6) is 0. The zero-order valence-electron chi connectivity index (χ0n) is 13.0. The van der Waals surface area contributed by atoms with Crippen LogP contribution in [0.2, 0.25) is 0 Å². The Labute approximate surface area is 126 Å². The summed E-state index contributed by atoms with van der Waals surface area (Å²) < 4.78 is 0. The summed E-state index contributed by atoms with van der Waals surface area (Å²) >= 11 is 0. The van der Waals surface area contributed by atoms with E-state index in [4.69, 9.17) is 0 Å². The molecule has 1 amide bonds. The Hall–Kier alpha value is -1.55. The Morgan fingerprint density at radius 3 is 2.48 bits per heavy atom. The van der Waals surface area contributed by atoms with Crippen LogP contribution in [0.5, 0.6) is 0 Å². The first-order chi connectivity index (χ1) is 9.88. The zero-order valence-corrected chi connectivity index (χ0v) is 13.0. The van der Waals surface area contributed by atoms with E-state index in [1.807, 2.05) is 18.2 Å². The van der Waals surface area contributed by atoms with Crippen molar-refractivity contribution in [3.8, 4) is 0 Å². The molecule has 0 bridgehead atoms. The van der Waals surface area contributed by atoms with Crippen LogP contribution in [0.25, 0.3) is 0 Å². The fourth-order valence-electron chi connectivity index (χ4n) is 4.48. The standard InChI is InChI=1S/C17H24N2O2/c1-16(2,3)14-17(8-10-18-11-9-17)12-6-4-5-7-13(12)19(14)15(20)21/h4-7,14,18H,8-11H2,1-3H3,(H,20,21). The predicted molar refractivity (Wildman–Crippen MR) is 84.0 cm³/mol. The highest BCUT2D eigenvalue weighted by Gasteiger charge is 2.56. The van der Waals surface area contributed by atoms with Gasteiger partial charge in [-0.2, -0.15) is 0 Å². The number of nitrogens with one attached hydrogen (secondary N) is 1. The smallest absolute Gasteiger partial charge is 0.412 e. The summed E-state index contributed by atoms with van der Waals surface area (Å²) in [5.41, 5.74) is 1.94. The van der Waals surface area contributed by atoms with Gasteiger partial charge in [-0.25, -0.2) is 4.79 Å². The maximum atomic E-state index is 12.0. The third-order valence-corrected chi connectivity index (χ3v) is 5.00. The Morgan fingerprint density at radius 2 is 1.90 bits per heavy atom. The molecular weight excluding hydrogens is 264 g/mol. The number of benzene rings is 1. The molecule has 2 aliphatic rings. The van der Waals surface area contributed by atoms with E-state index in [1.165, 1.54) is 5.56 Å². The molecule has 0 aromatic heterocycles. The SMILES string of the molecule is CC(C)(C)C1N(C(=O)O)c2ccccc2C12CCNCC2. The molecule has 2 N–H and O–H groups in total. The highest BCUT2D eigenvalue weighted by Crippen LogP contribution is 2.55. The van der Waals surface area contributed by atoms with Gasteiger partial charge < -0.3 is 10.4 Å². The van der Waals surface area contributed by atoms with Gasteiger partial charge in [0.25, 0.3) is 0 Å². The van der Waals surface area contributed by atoms with Crippen LogP contribution in [0.4, 0.5) is 10.5 Å². The van der Waals surface area contributed by atoms with E-state index in [9.17, 15) is 9.90 Å². The van der Waals surface area contributed by atoms with E-state index in [2.05, 4.69) is 32.2 Å². The fraction of sp³-hybridized carbons (Fsp3) is 0.588. The highest BCUT2D eigenvalue weighted by atomic mass is 16.4. The molecule has 1 spiro atoms. The average molecular weight is 288 g/mol. The van der Waals surface area contributed by atoms with Crippen molar-refractivity contribution >= 4 is 11.8 Å². The van der Waals surface area contributed by atoms with E-state index in [1.54, 1.807) is 4.90 Å². The molecule has 1 unspecified atom stereocenters. The van der Waals surface area contributed by atoms with E-state index < -0.39 is 6.09 Å². The number of fused-ring (bicyclic) bond motifs is 2. The maximum absolute atomic E-state index is 12.0. The summed E-state index contributed by atoms with van der Waals surface area (Å²) in [5, 5.41) is 13.2. The van der Waals surface area contributed by atoms with Gasteiger partial charge in [-0.05, 0) is 43.0 Å². The Bertz CT molecular complexity index is 556. The Balaban J connectivity index is 2.22. The van der Waals surface area contributed by atoms with Gasteiger partial charge in [-0.3, -0.25) is 4.90 Å². The monoisotopic (exact) mass is 288 g/mol. The number of carbonyl (C=O) groups is 1. The second-order valence-electron chi connectivity index (χ2n) is 7.34. The summed E-state index contributed by atoms with van der Waals surface area (Å²) in [6, 6.07) is 8.05. The molecule has 2 heterocycles. The van der Waals surface area contributed by atoms with Gasteiger partial charge in [0.05, 0.1) is 11.7 Å². The largest absolute Gasteiger partial charge is 0.465 e. The second kappa shape index (κ2) is 4.73. The van der Waals surface area contributed by atoms with Crippen LogP contribution >= 0.6 is 0 Å². The molecule has 0 radical (unpaired) electrons. The van der Waals surface area contributed by atoms with Crippen LogP contribution in [0.15, 0.2) is 24.3 Å². The minimum absolute atomic E-state index is 0.0120. The second-order valence-corrected chi connectivity index (χ2v) is 7.34. The molecule has 4 heteroatoms. The minimum Gasteiger partial charge on any atom is -0.465 e. The first kappa shape index (κ1) is 14.4. The van der Waals surface area contributed by atoms with Gasteiger partial charge in [0.1, 0.15) is 0 Å².